The van der Waals surface area contributed by atoms with Crippen LogP contribution in [0.2, 0.25) is 0 Å². The number of benzene rings is 4. The summed E-state index contributed by atoms with van der Waals surface area (Å²) < 4.78 is 0. The van der Waals surface area contributed by atoms with Crippen LogP contribution in [0, 0.1) is 18.0 Å². The Labute approximate surface area is 173 Å². The minimum absolute atomic E-state index is 0.595. The molecule has 0 aromatic heterocycles. The summed E-state index contributed by atoms with van der Waals surface area (Å²) in [5, 5.41) is 3.72. The van der Waals surface area contributed by atoms with Crippen molar-refractivity contribution in [3.63, 3.8) is 0 Å². The Morgan fingerprint density at radius 3 is 1.41 bits per heavy atom. The van der Waals surface area contributed by atoms with Gasteiger partial charge in [0.15, 0.2) is 0 Å². The summed E-state index contributed by atoms with van der Waals surface area (Å²) in [6.07, 6.45) is 0. The Hall–Kier alpha value is -3.85. The molecule has 0 amide bonds. The molecule has 4 aromatic carbocycles. The van der Waals surface area contributed by atoms with Crippen LogP contribution < -0.4 is 15.6 Å². The SMILES string of the molecule is [C-]#[N+]c1ccccc1C#C[Si](c1ccccc1)(c1ccccc1)c1ccccc1. The van der Waals surface area contributed by atoms with E-state index < -0.39 is 8.07 Å². The standard InChI is InChI=1S/C27H19NSi/c1-28-27-20-12-11-13-23(27)21-22-29(24-14-5-2-6-15-24,25-16-7-3-8-17-25)26-18-9-4-10-19-26/h2-20H. The molecular weight excluding hydrogens is 366 g/mol. The van der Waals surface area contributed by atoms with E-state index in [1.807, 2.05) is 42.5 Å². The fourth-order valence-corrected chi connectivity index (χ4v) is 7.45. The van der Waals surface area contributed by atoms with E-state index in [0.717, 1.165) is 5.56 Å². The van der Waals surface area contributed by atoms with Crippen molar-refractivity contribution >= 4 is 29.3 Å². The van der Waals surface area contributed by atoms with Crippen molar-refractivity contribution in [1.29, 1.82) is 0 Å². The predicted octanol–water partition coefficient (Wildman–Crippen LogP) is 4.30. The highest BCUT2D eigenvalue weighted by atomic mass is 28.3. The van der Waals surface area contributed by atoms with Crippen molar-refractivity contribution < 1.29 is 0 Å². The van der Waals surface area contributed by atoms with E-state index >= 15 is 0 Å². The maximum atomic E-state index is 7.48. The van der Waals surface area contributed by atoms with Crippen LogP contribution in [-0.4, -0.2) is 8.07 Å². The highest BCUT2D eigenvalue weighted by molar-refractivity contribution is 7.16. The molecule has 29 heavy (non-hydrogen) atoms. The number of nitrogens with zero attached hydrogens (tertiary/aromatic N) is 1. The summed E-state index contributed by atoms with van der Waals surface area (Å²) in [5.41, 5.74) is 5.09. The van der Waals surface area contributed by atoms with Crippen LogP contribution >= 0.6 is 0 Å². The Balaban J connectivity index is 2.05. The molecule has 0 N–H and O–H groups in total. The summed E-state index contributed by atoms with van der Waals surface area (Å²) in [4.78, 5) is 3.65. The summed E-state index contributed by atoms with van der Waals surface area (Å²) >= 11 is 0. The fourth-order valence-electron chi connectivity index (χ4n) is 3.62. The second kappa shape index (κ2) is 8.44. The van der Waals surface area contributed by atoms with Gasteiger partial charge in [-0.3, -0.25) is 0 Å². The van der Waals surface area contributed by atoms with Crippen molar-refractivity contribution in [2.24, 2.45) is 0 Å². The van der Waals surface area contributed by atoms with E-state index in [9.17, 15) is 0 Å². The Morgan fingerprint density at radius 2 is 0.966 bits per heavy atom. The maximum absolute atomic E-state index is 7.48. The van der Waals surface area contributed by atoms with Gasteiger partial charge in [0.1, 0.15) is 0 Å². The van der Waals surface area contributed by atoms with Crippen LogP contribution in [0.1, 0.15) is 5.56 Å². The molecule has 1 nitrogen and oxygen atoms in total. The highest BCUT2D eigenvalue weighted by Crippen LogP contribution is 2.17. The first-order valence-corrected chi connectivity index (χ1v) is 11.5. The van der Waals surface area contributed by atoms with Crippen LogP contribution in [-0.2, 0) is 0 Å². The molecule has 0 aliphatic heterocycles. The second-order valence-corrected chi connectivity index (χ2v) is 10.2. The van der Waals surface area contributed by atoms with Gasteiger partial charge in [-0.05, 0) is 15.6 Å². The average molecular weight is 386 g/mol. The third-order valence-electron chi connectivity index (χ3n) is 5.03. The molecule has 136 valence electrons. The minimum atomic E-state index is -2.61. The first-order valence-electron chi connectivity index (χ1n) is 9.51. The van der Waals surface area contributed by atoms with E-state index in [-0.39, 0.29) is 0 Å². The lowest BCUT2D eigenvalue weighted by molar-refractivity contribution is 1.66. The number of hydrogen-bond acceptors (Lipinski definition) is 0. The Kier molecular flexibility index (Phi) is 5.39. The number of hydrogen-bond donors (Lipinski definition) is 0. The highest BCUT2D eigenvalue weighted by Gasteiger charge is 2.38. The topological polar surface area (TPSA) is 4.36 Å². The molecule has 0 heterocycles. The molecule has 0 aliphatic rings. The molecular formula is C27H19NSi. The molecule has 4 aromatic rings. The number of rotatable bonds is 3. The zero-order valence-corrected chi connectivity index (χ0v) is 16.9. The van der Waals surface area contributed by atoms with Crippen LogP contribution in [0.25, 0.3) is 4.85 Å². The summed E-state index contributed by atoms with van der Waals surface area (Å²) in [7, 11) is -2.61. The molecule has 0 bridgehead atoms. The summed E-state index contributed by atoms with van der Waals surface area (Å²) in [6.45, 7) is 7.48. The maximum Gasteiger partial charge on any atom is 0.230 e. The van der Waals surface area contributed by atoms with Gasteiger partial charge in [0.2, 0.25) is 13.8 Å². The second-order valence-electron chi connectivity index (χ2n) is 6.73. The molecule has 0 fully saturated rings. The zero-order valence-electron chi connectivity index (χ0n) is 15.9. The Morgan fingerprint density at radius 1 is 0.552 bits per heavy atom. The van der Waals surface area contributed by atoms with Gasteiger partial charge in [-0.2, -0.15) is 0 Å². The third kappa shape index (κ3) is 3.63. The van der Waals surface area contributed by atoms with Crippen molar-refractivity contribution in [2.45, 2.75) is 0 Å². The molecule has 0 spiro atoms. The Bertz CT molecular complexity index is 1100. The molecule has 0 atom stereocenters. The van der Waals surface area contributed by atoms with Crippen molar-refractivity contribution in [1.82, 2.24) is 0 Å². The van der Waals surface area contributed by atoms with Crippen molar-refractivity contribution in [2.75, 3.05) is 0 Å². The lowest BCUT2D eigenvalue weighted by Crippen LogP contribution is -2.66. The van der Waals surface area contributed by atoms with Gasteiger partial charge in [0.25, 0.3) is 0 Å². The van der Waals surface area contributed by atoms with E-state index in [4.69, 9.17) is 6.57 Å². The van der Waals surface area contributed by atoms with E-state index in [1.54, 1.807) is 0 Å². The summed E-state index contributed by atoms with van der Waals surface area (Å²) in [6, 6.07) is 39.3. The van der Waals surface area contributed by atoms with Gasteiger partial charge in [0.05, 0.1) is 6.57 Å². The van der Waals surface area contributed by atoms with Crippen LogP contribution in [0.15, 0.2) is 115 Å². The van der Waals surface area contributed by atoms with Crippen LogP contribution in [0.3, 0.4) is 0 Å². The number of para-hydroxylation sites is 1. The molecule has 0 saturated carbocycles. The van der Waals surface area contributed by atoms with E-state index in [2.05, 4.69) is 89.1 Å². The van der Waals surface area contributed by atoms with Crippen LogP contribution in [0.5, 0.6) is 0 Å². The summed E-state index contributed by atoms with van der Waals surface area (Å²) in [5.74, 6) is 3.40. The minimum Gasteiger partial charge on any atom is -0.237 e. The van der Waals surface area contributed by atoms with Gasteiger partial charge in [-0.15, -0.1) is 5.54 Å². The molecule has 2 heteroatoms. The predicted molar refractivity (Wildman–Crippen MR) is 124 cm³/mol. The normalized spacial score (nSPS) is 10.4. The van der Waals surface area contributed by atoms with Crippen LogP contribution in [0.4, 0.5) is 5.69 Å². The van der Waals surface area contributed by atoms with Gasteiger partial charge in [-0.25, -0.2) is 4.85 Å². The van der Waals surface area contributed by atoms with E-state index in [0.29, 0.717) is 5.69 Å². The molecule has 0 saturated heterocycles. The smallest absolute Gasteiger partial charge is 0.230 e. The fraction of sp³-hybridized carbons (Fsp3) is 0. The molecule has 0 aliphatic carbocycles. The zero-order chi connectivity index (χ0) is 19.9. The molecule has 4 rings (SSSR count). The first kappa shape index (κ1) is 18.5. The monoisotopic (exact) mass is 385 g/mol. The quantitative estimate of drug-likeness (QED) is 0.214. The first-order chi connectivity index (χ1) is 14.3. The lowest BCUT2D eigenvalue weighted by Gasteiger charge is -2.28. The largest absolute Gasteiger partial charge is 0.237 e. The van der Waals surface area contributed by atoms with Crippen molar-refractivity contribution in [3.05, 3.63) is 132 Å². The lowest BCUT2D eigenvalue weighted by atomic mass is 10.2. The van der Waals surface area contributed by atoms with Gasteiger partial charge in [0, 0.05) is 5.56 Å². The van der Waals surface area contributed by atoms with E-state index in [1.165, 1.54) is 15.6 Å². The van der Waals surface area contributed by atoms with Crippen molar-refractivity contribution in [3.8, 4) is 11.5 Å². The molecule has 0 radical (unpaired) electrons. The molecule has 0 unspecified atom stereocenters. The van der Waals surface area contributed by atoms with Gasteiger partial charge >= 0.3 is 0 Å². The average Bonchev–Trinajstić information content (AvgIpc) is 2.82. The third-order valence-corrected chi connectivity index (χ3v) is 9.13. The van der Waals surface area contributed by atoms with Gasteiger partial charge < -0.3 is 0 Å². The van der Waals surface area contributed by atoms with Gasteiger partial charge in [-0.1, -0.05) is 121 Å².